The largest absolute Gasteiger partial charge is 0.438 e. The zero-order chi connectivity index (χ0) is 9.10. The van der Waals surface area contributed by atoms with E-state index < -0.39 is 5.76 Å². The van der Waals surface area contributed by atoms with Gasteiger partial charge >= 0.3 is 5.76 Å². The molecule has 13 heavy (non-hydrogen) atoms. The van der Waals surface area contributed by atoms with Gasteiger partial charge in [-0.2, -0.15) is 0 Å². The summed E-state index contributed by atoms with van der Waals surface area (Å²) in [6.45, 7) is 3.30. The number of aromatic amines is 1. The number of hydrogen-bond donors (Lipinski definition) is 1. The SMILES string of the molecule is O=c1[nH]c(CCN2CCCC2)no1. The van der Waals surface area contributed by atoms with E-state index in [1.807, 2.05) is 0 Å². The molecule has 5 nitrogen and oxygen atoms in total. The third-order valence-electron chi connectivity index (χ3n) is 2.35. The molecule has 1 aromatic rings. The molecule has 0 aromatic carbocycles. The molecule has 0 bridgehead atoms. The maximum Gasteiger partial charge on any atom is 0.438 e. The van der Waals surface area contributed by atoms with Crippen molar-refractivity contribution in [2.75, 3.05) is 19.6 Å². The number of hydrogen-bond acceptors (Lipinski definition) is 4. The Morgan fingerprint density at radius 1 is 1.46 bits per heavy atom. The molecular weight excluding hydrogens is 170 g/mol. The standard InChI is InChI=1S/C8H13N3O2/c12-8-9-7(10-13-8)3-6-11-4-1-2-5-11/h1-6H2,(H,9,10,12). The van der Waals surface area contributed by atoms with Crippen LogP contribution in [0.2, 0.25) is 0 Å². The van der Waals surface area contributed by atoms with Gasteiger partial charge in [-0.25, -0.2) is 4.79 Å². The Hall–Kier alpha value is -1.10. The van der Waals surface area contributed by atoms with Crippen molar-refractivity contribution in [2.24, 2.45) is 0 Å². The first kappa shape index (κ1) is 8.50. The zero-order valence-electron chi connectivity index (χ0n) is 7.45. The average molecular weight is 183 g/mol. The molecule has 0 unspecified atom stereocenters. The molecular formula is C8H13N3O2. The van der Waals surface area contributed by atoms with Crippen molar-refractivity contribution in [3.63, 3.8) is 0 Å². The topological polar surface area (TPSA) is 62.1 Å². The Kier molecular flexibility index (Phi) is 2.44. The van der Waals surface area contributed by atoms with E-state index in [1.54, 1.807) is 0 Å². The van der Waals surface area contributed by atoms with Crippen molar-refractivity contribution < 1.29 is 4.52 Å². The first-order chi connectivity index (χ1) is 6.34. The van der Waals surface area contributed by atoms with Crippen molar-refractivity contribution in [1.29, 1.82) is 0 Å². The van der Waals surface area contributed by atoms with Gasteiger partial charge in [-0.15, -0.1) is 0 Å². The molecule has 1 N–H and O–H groups in total. The van der Waals surface area contributed by atoms with Gasteiger partial charge in [0, 0.05) is 13.0 Å². The van der Waals surface area contributed by atoms with E-state index in [2.05, 4.69) is 19.6 Å². The Bertz CT molecular complexity index is 311. The highest BCUT2D eigenvalue weighted by molar-refractivity contribution is 4.80. The van der Waals surface area contributed by atoms with Crippen LogP contribution < -0.4 is 5.76 Å². The maximum atomic E-state index is 10.6. The predicted molar refractivity (Wildman–Crippen MR) is 46.5 cm³/mol. The van der Waals surface area contributed by atoms with E-state index in [0.717, 1.165) is 13.0 Å². The fourth-order valence-corrected chi connectivity index (χ4v) is 1.64. The van der Waals surface area contributed by atoms with Gasteiger partial charge in [0.1, 0.15) is 0 Å². The Balaban J connectivity index is 1.82. The molecule has 2 heterocycles. The second-order valence-electron chi connectivity index (χ2n) is 3.34. The van der Waals surface area contributed by atoms with Gasteiger partial charge in [0.15, 0.2) is 5.82 Å². The van der Waals surface area contributed by atoms with Crippen LogP contribution in [-0.2, 0) is 6.42 Å². The molecule has 1 saturated heterocycles. The summed E-state index contributed by atoms with van der Waals surface area (Å²) in [5.74, 6) is 0.188. The number of nitrogens with one attached hydrogen (secondary N) is 1. The van der Waals surface area contributed by atoms with Crippen molar-refractivity contribution >= 4 is 0 Å². The van der Waals surface area contributed by atoms with Gasteiger partial charge in [0.2, 0.25) is 0 Å². The van der Waals surface area contributed by atoms with Crippen LogP contribution in [0.1, 0.15) is 18.7 Å². The molecule has 1 fully saturated rings. The fraction of sp³-hybridized carbons (Fsp3) is 0.750. The predicted octanol–water partition coefficient (Wildman–Crippen LogP) is 0.00120. The second-order valence-corrected chi connectivity index (χ2v) is 3.34. The lowest BCUT2D eigenvalue weighted by Crippen LogP contribution is -2.22. The van der Waals surface area contributed by atoms with E-state index in [4.69, 9.17) is 0 Å². The second kappa shape index (κ2) is 3.74. The summed E-state index contributed by atoms with van der Waals surface area (Å²) < 4.78 is 4.40. The van der Waals surface area contributed by atoms with E-state index in [0.29, 0.717) is 5.82 Å². The van der Waals surface area contributed by atoms with Crippen molar-refractivity contribution in [1.82, 2.24) is 15.0 Å². The third kappa shape index (κ3) is 2.18. The van der Waals surface area contributed by atoms with Gasteiger partial charge in [0.05, 0.1) is 0 Å². The molecule has 2 rings (SSSR count). The average Bonchev–Trinajstić information content (AvgIpc) is 2.71. The number of rotatable bonds is 3. The molecule has 5 heteroatoms. The minimum Gasteiger partial charge on any atom is -0.303 e. The molecule has 1 aromatic heterocycles. The van der Waals surface area contributed by atoms with Gasteiger partial charge in [-0.1, -0.05) is 5.16 Å². The molecule has 0 amide bonds. The first-order valence-electron chi connectivity index (χ1n) is 4.62. The van der Waals surface area contributed by atoms with Gasteiger partial charge < -0.3 is 4.90 Å². The Labute approximate surface area is 75.7 Å². The van der Waals surface area contributed by atoms with Gasteiger partial charge in [-0.05, 0) is 25.9 Å². The summed E-state index contributed by atoms with van der Waals surface area (Å²) in [5, 5.41) is 3.61. The number of aromatic nitrogens is 2. The number of nitrogens with zero attached hydrogens (tertiary/aromatic N) is 2. The quantitative estimate of drug-likeness (QED) is 0.716. The summed E-state index contributed by atoms with van der Waals surface area (Å²) in [6.07, 6.45) is 3.34. The Morgan fingerprint density at radius 3 is 2.85 bits per heavy atom. The molecule has 0 spiro atoms. The highest BCUT2D eigenvalue weighted by Gasteiger charge is 2.11. The smallest absolute Gasteiger partial charge is 0.303 e. The van der Waals surface area contributed by atoms with Crippen LogP contribution >= 0.6 is 0 Å². The van der Waals surface area contributed by atoms with Gasteiger partial charge in [-0.3, -0.25) is 9.51 Å². The minimum absolute atomic E-state index is 0.462. The lowest BCUT2D eigenvalue weighted by atomic mass is 10.4. The number of H-pyrrole nitrogens is 1. The molecule has 72 valence electrons. The summed E-state index contributed by atoms with van der Waals surface area (Å²) in [7, 11) is 0. The van der Waals surface area contributed by atoms with Crippen LogP contribution in [0.4, 0.5) is 0 Å². The molecule has 1 aliphatic heterocycles. The summed E-state index contributed by atoms with van der Waals surface area (Å²) in [4.78, 5) is 15.5. The summed E-state index contributed by atoms with van der Waals surface area (Å²) >= 11 is 0. The number of likely N-dealkylation sites (tertiary alicyclic amines) is 1. The Morgan fingerprint density at radius 2 is 2.23 bits per heavy atom. The normalized spacial score (nSPS) is 18.2. The van der Waals surface area contributed by atoms with E-state index >= 15 is 0 Å². The van der Waals surface area contributed by atoms with Crippen LogP contribution in [-0.4, -0.2) is 34.7 Å². The summed E-state index contributed by atoms with van der Waals surface area (Å²) in [6, 6.07) is 0. The lowest BCUT2D eigenvalue weighted by Gasteiger charge is -2.11. The zero-order valence-corrected chi connectivity index (χ0v) is 7.45. The van der Waals surface area contributed by atoms with Crippen LogP contribution in [0.3, 0.4) is 0 Å². The molecule has 0 saturated carbocycles. The van der Waals surface area contributed by atoms with Crippen molar-refractivity contribution in [3.05, 3.63) is 16.4 Å². The molecule has 0 radical (unpaired) electrons. The van der Waals surface area contributed by atoms with Gasteiger partial charge in [0.25, 0.3) is 0 Å². The van der Waals surface area contributed by atoms with Crippen LogP contribution in [0.15, 0.2) is 9.32 Å². The molecule has 1 aliphatic rings. The fourth-order valence-electron chi connectivity index (χ4n) is 1.64. The summed E-state index contributed by atoms with van der Waals surface area (Å²) in [5.41, 5.74) is 0. The lowest BCUT2D eigenvalue weighted by molar-refractivity contribution is 0.334. The minimum atomic E-state index is -0.462. The maximum absolute atomic E-state index is 10.6. The molecule has 0 aliphatic carbocycles. The van der Waals surface area contributed by atoms with E-state index in [1.165, 1.54) is 25.9 Å². The highest BCUT2D eigenvalue weighted by Crippen LogP contribution is 2.07. The third-order valence-corrected chi connectivity index (χ3v) is 2.35. The van der Waals surface area contributed by atoms with Crippen LogP contribution in [0.5, 0.6) is 0 Å². The van der Waals surface area contributed by atoms with Crippen LogP contribution in [0, 0.1) is 0 Å². The van der Waals surface area contributed by atoms with Crippen molar-refractivity contribution in [2.45, 2.75) is 19.3 Å². The van der Waals surface area contributed by atoms with E-state index in [-0.39, 0.29) is 0 Å². The van der Waals surface area contributed by atoms with E-state index in [9.17, 15) is 4.79 Å². The van der Waals surface area contributed by atoms with Crippen LogP contribution in [0.25, 0.3) is 0 Å². The first-order valence-corrected chi connectivity index (χ1v) is 4.62. The molecule has 0 atom stereocenters. The monoisotopic (exact) mass is 183 g/mol. The van der Waals surface area contributed by atoms with Crippen molar-refractivity contribution in [3.8, 4) is 0 Å². The highest BCUT2D eigenvalue weighted by atomic mass is 16.5.